The van der Waals surface area contributed by atoms with Crippen LogP contribution in [-0.4, -0.2) is 29.4 Å². The Kier molecular flexibility index (Phi) is 8.36. The lowest BCUT2D eigenvalue weighted by Crippen LogP contribution is -2.29. The van der Waals surface area contributed by atoms with Gasteiger partial charge in [-0.25, -0.2) is 0 Å². The van der Waals surface area contributed by atoms with Crippen LogP contribution in [0.2, 0.25) is 5.02 Å². The van der Waals surface area contributed by atoms with Gasteiger partial charge in [-0.3, -0.25) is 4.79 Å². The Balaban J connectivity index is 2.67. The Morgan fingerprint density at radius 2 is 1.27 bits per heavy atom. The zero-order valence-electron chi connectivity index (χ0n) is 21.3. The number of hydrogen-bond donors (Lipinski definition) is 0. The van der Waals surface area contributed by atoms with Gasteiger partial charge in [0.15, 0.2) is 5.52 Å². The number of carbonyl (C=O) groups is 1. The van der Waals surface area contributed by atoms with Crippen molar-refractivity contribution in [2.75, 3.05) is 7.11 Å². The van der Waals surface area contributed by atoms with Gasteiger partial charge in [-0.05, 0) is 83.0 Å². The van der Waals surface area contributed by atoms with Gasteiger partial charge in [-0.2, -0.15) is 0 Å². The SMILES string of the molecule is COc1cccc(Cl)c1C(=O)Pc1c(OC(C)(C)C)cc(OC(C)(C)C)cc1OC(C)(C)C. The van der Waals surface area contributed by atoms with Crippen molar-refractivity contribution in [2.45, 2.75) is 79.1 Å². The van der Waals surface area contributed by atoms with Crippen LogP contribution in [0.25, 0.3) is 0 Å². The molecule has 182 valence electrons. The first-order chi connectivity index (χ1) is 15.0. The van der Waals surface area contributed by atoms with Gasteiger partial charge in [0, 0.05) is 12.1 Å². The smallest absolute Gasteiger partial charge is 0.191 e. The summed E-state index contributed by atoms with van der Waals surface area (Å²) in [5, 5.41) is 1.00. The number of ether oxygens (including phenoxy) is 4. The minimum absolute atomic E-state index is 0.167. The molecule has 1 atom stereocenters. The molecule has 0 N–H and O–H groups in total. The number of hydrogen-bond acceptors (Lipinski definition) is 5. The van der Waals surface area contributed by atoms with Gasteiger partial charge in [-0.1, -0.05) is 17.7 Å². The van der Waals surface area contributed by atoms with Gasteiger partial charge >= 0.3 is 0 Å². The first-order valence-corrected chi connectivity index (χ1v) is 12.3. The van der Waals surface area contributed by atoms with Crippen molar-refractivity contribution in [1.29, 1.82) is 0 Å². The molecule has 0 aliphatic rings. The Morgan fingerprint density at radius 3 is 1.70 bits per heavy atom. The molecule has 2 aromatic carbocycles. The molecule has 1 unspecified atom stereocenters. The van der Waals surface area contributed by atoms with E-state index in [9.17, 15) is 4.79 Å². The number of carbonyl (C=O) groups excluding carboxylic acids is 1. The number of rotatable bonds is 7. The average Bonchev–Trinajstić information content (AvgIpc) is 2.60. The van der Waals surface area contributed by atoms with E-state index in [1.165, 1.54) is 7.11 Å². The highest BCUT2D eigenvalue weighted by atomic mass is 35.5. The van der Waals surface area contributed by atoms with Crippen molar-refractivity contribution in [3.63, 3.8) is 0 Å². The normalized spacial score (nSPS) is 12.7. The fourth-order valence-corrected chi connectivity index (χ4v) is 4.43. The summed E-state index contributed by atoms with van der Waals surface area (Å²) in [4.78, 5) is 13.5. The Morgan fingerprint density at radius 1 is 0.788 bits per heavy atom. The van der Waals surface area contributed by atoms with E-state index in [2.05, 4.69) is 0 Å². The highest BCUT2D eigenvalue weighted by Gasteiger charge is 2.27. The van der Waals surface area contributed by atoms with Crippen molar-refractivity contribution < 1.29 is 23.7 Å². The molecule has 0 saturated heterocycles. The summed E-state index contributed by atoms with van der Waals surface area (Å²) in [7, 11) is 1.22. The largest absolute Gasteiger partial charge is 0.496 e. The third kappa shape index (κ3) is 8.39. The highest BCUT2D eigenvalue weighted by Crippen LogP contribution is 2.40. The molecule has 0 saturated carbocycles. The lowest BCUT2D eigenvalue weighted by atomic mass is 10.1. The zero-order valence-corrected chi connectivity index (χ0v) is 23.1. The van der Waals surface area contributed by atoms with Gasteiger partial charge in [0.2, 0.25) is 0 Å². The molecule has 0 aliphatic heterocycles. The molecule has 0 aliphatic carbocycles. The molecular weight excluding hydrogens is 459 g/mol. The van der Waals surface area contributed by atoms with E-state index in [0.29, 0.717) is 38.9 Å². The van der Waals surface area contributed by atoms with E-state index in [-0.39, 0.29) is 14.1 Å². The second-order valence-corrected chi connectivity index (χ2v) is 12.3. The summed E-state index contributed by atoms with van der Waals surface area (Å²) in [5.74, 6) is 2.13. The lowest BCUT2D eigenvalue weighted by Gasteiger charge is -2.29. The molecule has 0 fully saturated rings. The van der Waals surface area contributed by atoms with Crippen LogP contribution in [0.3, 0.4) is 0 Å². The van der Waals surface area contributed by atoms with E-state index in [1.807, 2.05) is 74.4 Å². The molecule has 0 amide bonds. The van der Waals surface area contributed by atoms with Crippen LogP contribution in [-0.2, 0) is 0 Å². The lowest BCUT2D eigenvalue weighted by molar-refractivity contribution is 0.107. The maximum Gasteiger partial charge on any atom is 0.191 e. The highest BCUT2D eigenvalue weighted by molar-refractivity contribution is 7.66. The van der Waals surface area contributed by atoms with E-state index in [1.54, 1.807) is 18.2 Å². The third-order valence-corrected chi connectivity index (χ3v) is 5.49. The Bertz CT molecular complexity index is 960. The molecule has 2 rings (SSSR count). The fourth-order valence-electron chi connectivity index (χ4n) is 2.99. The first kappa shape index (κ1) is 27.3. The molecule has 0 spiro atoms. The van der Waals surface area contributed by atoms with Crippen LogP contribution in [0.15, 0.2) is 30.3 Å². The van der Waals surface area contributed by atoms with Gasteiger partial charge in [-0.15, -0.1) is 0 Å². The van der Waals surface area contributed by atoms with Crippen LogP contribution in [0.4, 0.5) is 0 Å². The van der Waals surface area contributed by atoms with Crippen LogP contribution >= 0.6 is 20.2 Å². The predicted octanol–water partition coefficient (Wildman–Crippen LogP) is 7.02. The maximum absolute atomic E-state index is 13.5. The molecule has 33 heavy (non-hydrogen) atoms. The van der Waals surface area contributed by atoms with Gasteiger partial charge in [0.25, 0.3) is 0 Å². The average molecular weight is 495 g/mol. The quantitative estimate of drug-likeness (QED) is 0.387. The molecule has 0 bridgehead atoms. The summed E-state index contributed by atoms with van der Waals surface area (Å²) < 4.78 is 24.1. The second kappa shape index (κ2) is 10.1. The molecule has 7 heteroatoms. The zero-order chi connectivity index (χ0) is 25.2. The first-order valence-electron chi connectivity index (χ1n) is 10.9. The van der Waals surface area contributed by atoms with Gasteiger partial charge < -0.3 is 18.9 Å². The molecule has 5 nitrogen and oxygen atoms in total. The minimum Gasteiger partial charge on any atom is -0.496 e. The maximum atomic E-state index is 13.5. The summed E-state index contributed by atoms with van der Waals surface area (Å²) in [5.41, 5.74) is -1.23. The summed E-state index contributed by atoms with van der Waals surface area (Å²) in [6.07, 6.45) is 0. The van der Waals surface area contributed by atoms with Crippen LogP contribution in [0, 0.1) is 0 Å². The van der Waals surface area contributed by atoms with Gasteiger partial charge in [0.05, 0.1) is 23.0 Å². The standard InChI is InChI=1S/C26H36ClO5P/c1-24(2,3)30-16-14-19(31-25(4,5)6)22(20(15-16)32-26(7,8)9)33-23(28)21-17(27)12-11-13-18(21)29-10/h11-15,33H,1-10H3. The Hall–Kier alpha value is -1.97. The van der Waals surface area contributed by atoms with Crippen LogP contribution in [0.1, 0.15) is 72.7 Å². The van der Waals surface area contributed by atoms with Crippen molar-refractivity contribution in [2.24, 2.45) is 0 Å². The summed E-state index contributed by atoms with van der Waals surface area (Å²) in [6.45, 7) is 17.7. The van der Waals surface area contributed by atoms with Crippen molar-refractivity contribution in [3.8, 4) is 23.0 Å². The van der Waals surface area contributed by atoms with E-state index >= 15 is 0 Å². The summed E-state index contributed by atoms with van der Waals surface area (Å²) in [6, 6.07) is 8.81. The number of benzene rings is 2. The molecule has 0 aromatic heterocycles. The van der Waals surface area contributed by atoms with Crippen molar-refractivity contribution in [1.82, 2.24) is 0 Å². The third-order valence-electron chi connectivity index (χ3n) is 3.96. The topological polar surface area (TPSA) is 54.0 Å². The van der Waals surface area contributed by atoms with Gasteiger partial charge in [0.1, 0.15) is 39.8 Å². The van der Waals surface area contributed by atoms with E-state index in [4.69, 9.17) is 30.5 Å². The predicted molar refractivity (Wildman–Crippen MR) is 138 cm³/mol. The monoisotopic (exact) mass is 494 g/mol. The van der Waals surface area contributed by atoms with Crippen molar-refractivity contribution >= 4 is 31.0 Å². The fraction of sp³-hybridized carbons (Fsp3) is 0.500. The minimum atomic E-state index is -0.496. The van der Waals surface area contributed by atoms with Crippen molar-refractivity contribution in [3.05, 3.63) is 40.9 Å². The second-order valence-electron chi connectivity index (χ2n) is 10.7. The molecular formula is C26H36ClO5P. The number of methoxy groups -OCH3 is 1. The van der Waals surface area contributed by atoms with E-state index in [0.717, 1.165) is 0 Å². The molecule has 0 radical (unpaired) electrons. The number of halogens is 1. The molecule has 2 aromatic rings. The van der Waals surface area contributed by atoms with Crippen LogP contribution < -0.4 is 24.3 Å². The Labute approximate surface area is 204 Å². The van der Waals surface area contributed by atoms with E-state index < -0.39 is 16.8 Å². The molecule has 0 heterocycles. The summed E-state index contributed by atoms with van der Waals surface area (Å²) >= 11 is 6.38. The van der Waals surface area contributed by atoms with Crippen LogP contribution in [0.5, 0.6) is 23.0 Å².